The van der Waals surface area contributed by atoms with Gasteiger partial charge in [-0.1, -0.05) is 56.3 Å². The van der Waals surface area contributed by atoms with Crippen LogP contribution in [-0.2, 0) is 6.42 Å². The summed E-state index contributed by atoms with van der Waals surface area (Å²) in [5, 5.41) is 10.4. The van der Waals surface area contributed by atoms with E-state index in [0.29, 0.717) is 0 Å². The molecule has 0 saturated carbocycles. The van der Waals surface area contributed by atoms with Gasteiger partial charge in [-0.2, -0.15) is 0 Å². The number of benzene rings is 2. The van der Waals surface area contributed by atoms with Gasteiger partial charge in [0.15, 0.2) is 0 Å². The summed E-state index contributed by atoms with van der Waals surface area (Å²) in [5.74, 6) is 0.825. The Morgan fingerprint density at radius 1 is 1.00 bits per heavy atom. The van der Waals surface area contributed by atoms with Crippen LogP contribution in [0.15, 0.2) is 54.6 Å². The molecule has 0 saturated heterocycles. The smallest absolute Gasteiger partial charge is 0.128 e. The Bertz CT molecular complexity index is 522. The van der Waals surface area contributed by atoms with Gasteiger partial charge in [0.25, 0.3) is 0 Å². The van der Waals surface area contributed by atoms with Crippen molar-refractivity contribution in [3.05, 3.63) is 65.7 Å². The minimum Gasteiger partial charge on any atom is -0.487 e. The largest absolute Gasteiger partial charge is 0.487 e. The van der Waals surface area contributed by atoms with Crippen LogP contribution in [0.1, 0.15) is 37.5 Å². The highest BCUT2D eigenvalue weighted by Crippen LogP contribution is 2.24. The SMILES string of the molecule is CCc1cccc(OC(CC)C(O)c2ccccc2)c1. The summed E-state index contributed by atoms with van der Waals surface area (Å²) in [4.78, 5) is 0. The molecule has 2 aromatic carbocycles. The predicted octanol–water partition coefficient (Wildman–Crippen LogP) is 4.14. The Balaban J connectivity index is 2.12. The Morgan fingerprint density at radius 3 is 2.40 bits per heavy atom. The van der Waals surface area contributed by atoms with Gasteiger partial charge in [0, 0.05) is 0 Å². The van der Waals surface area contributed by atoms with Crippen LogP contribution >= 0.6 is 0 Å². The average molecular weight is 270 g/mol. The van der Waals surface area contributed by atoms with Crippen LogP contribution in [0.2, 0.25) is 0 Å². The van der Waals surface area contributed by atoms with E-state index in [1.807, 2.05) is 55.5 Å². The zero-order valence-corrected chi connectivity index (χ0v) is 12.1. The summed E-state index contributed by atoms with van der Waals surface area (Å²) in [6, 6.07) is 17.7. The van der Waals surface area contributed by atoms with Crippen molar-refractivity contribution < 1.29 is 9.84 Å². The lowest BCUT2D eigenvalue weighted by atomic mass is 10.0. The lowest BCUT2D eigenvalue weighted by Gasteiger charge is -2.23. The molecule has 0 aliphatic rings. The molecule has 2 rings (SSSR count). The van der Waals surface area contributed by atoms with E-state index < -0.39 is 6.10 Å². The van der Waals surface area contributed by atoms with E-state index in [9.17, 15) is 5.11 Å². The minimum atomic E-state index is -0.605. The quantitative estimate of drug-likeness (QED) is 0.854. The summed E-state index contributed by atoms with van der Waals surface area (Å²) in [6.07, 6.45) is 0.901. The normalized spacial score (nSPS) is 13.8. The first-order valence-corrected chi connectivity index (χ1v) is 7.23. The second kappa shape index (κ2) is 7.11. The van der Waals surface area contributed by atoms with Crippen molar-refractivity contribution in [1.82, 2.24) is 0 Å². The Morgan fingerprint density at radius 2 is 1.75 bits per heavy atom. The molecule has 2 aromatic rings. The third-order valence-electron chi connectivity index (χ3n) is 3.49. The number of hydrogen-bond donors (Lipinski definition) is 1. The van der Waals surface area contributed by atoms with Gasteiger partial charge >= 0.3 is 0 Å². The first-order chi connectivity index (χ1) is 9.74. The van der Waals surface area contributed by atoms with Crippen LogP contribution in [0.4, 0.5) is 0 Å². The van der Waals surface area contributed by atoms with Gasteiger partial charge in [0.1, 0.15) is 18.0 Å². The van der Waals surface area contributed by atoms with E-state index in [1.54, 1.807) is 0 Å². The monoisotopic (exact) mass is 270 g/mol. The lowest BCUT2D eigenvalue weighted by Crippen LogP contribution is -2.24. The van der Waals surface area contributed by atoms with Gasteiger partial charge < -0.3 is 9.84 Å². The first-order valence-electron chi connectivity index (χ1n) is 7.23. The average Bonchev–Trinajstić information content (AvgIpc) is 2.53. The summed E-state index contributed by atoms with van der Waals surface area (Å²) in [6.45, 7) is 4.15. The molecular weight excluding hydrogens is 248 g/mol. The molecule has 20 heavy (non-hydrogen) atoms. The van der Waals surface area contributed by atoms with Gasteiger partial charge in [-0.25, -0.2) is 0 Å². The fourth-order valence-corrected chi connectivity index (χ4v) is 2.25. The maximum atomic E-state index is 10.4. The van der Waals surface area contributed by atoms with Crippen LogP contribution in [0.25, 0.3) is 0 Å². The first kappa shape index (κ1) is 14.6. The third-order valence-corrected chi connectivity index (χ3v) is 3.49. The summed E-state index contributed by atoms with van der Waals surface area (Å²) >= 11 is 0. The van der Waals surface area contributed by atoms with E-state index in [2.05, 4.69) is 13.0 Å². The van der Waals surface area contributed by atoms with E-state index in [-0.39, 0.29) is 6.10 Å². The summed E-state index contributed by atoms with van der Waals surface area (Å²) in [7, 11) is 0. The Hall–Kier alpha value is -1.80. The van der Waals surface area contributed by atoms with Crippen molar-refractivity contribution in [3.8, 4) is 5.75 Å². The summed E-state index contributed by atoms with van der Waals surface area (Å²) in [5.41, 5.74) is 2.14. The molecule has 0 bridgehead atoms. The molecule has 2 unspecified atom stereocenters. The fraction of sp³-hybridized carbons (Fsp3) is 0.333. The molecule has 1 N–H and O–H groups in total. The molecule has 2 atom stereocenters. The molecule has 0 heterocycles. The van der Waals surface area contributed by atoms with Gasteiger partial charge in [0.2, 0.25) is 0 Å². The van der Waals surface area contributed by atoms with Crippen molar-refractivity contribution >= 4 is 0 Å². The van der Waals surface area contributed by atoms with E-state index in [4.69, 9.17) is 4.74 Å². The highest BCUT2D eigenvalue weighted by atomic mass is 16.5. The van der Waals surface area contributed by atoms with Gasteiger partial charge in [-0.05, 0) is 36.1 Å². The number of hydrogen-bond acceptors (Lipinski definition) is 2. The van der Waals surface area contributed by atoms with Crippen LogP contribution in [-0.4, -0.2) is 11.2 Å². The maximum absolute atomic E-state index is 10.4. The minimum absolute atomic E-state index is 0.232. The molecule has 0 amide bonds. The van der Waals surface area contributed by atoms with E-state index in [0.717, 1.165) is 24.2 Å². The Kier molecular flexibility index (Phi) is 5.19. The topological polar surface area (TPSA) is 29.5 Å². The van der Waals surface area contributed by atoms with Crippen molar-refractivity contribution in [3.63, 3.8) is 0 Å². The van der Waals surface area contributed by atoms with E-state index >= 15 is 0 Å². The highest BCUT2D eigenvalue weighted by Gasteiger charge is 2.20. The summed E-state index contributed by atoms with van der Waals surface area (Å²) < 4.78 is 5.97. The molecule has 2 nitrogen and oxygen atoms in total. The number of rotatable bonds is 6. The standard InChI is InChI=1S/C18H22O2/c1-3-14-9-8-12-16(13-14)20-17(4-2)18(19)15-10-6-5-7-11-15/h5-13,17-19H,3-4H2,1-2H3. The number of aliphatic hydroxyl groups excluding tert-OH is 1. The molecule has 0 radical (unpaired) electrons. The fourth-order valence-electron chi connectivity index (χ4n) is 2.25. The number of ether oxygens (including phenoxy) is 1. The molecule has 0 aliphatic carbocycles. The van der Waals surface area contributed by atoms with E-state index in [1.165, 1.54) is 5.56 Å². The lowest BCUT2D eigenvalue weighted by molar-refractivity contribution is 0.0331. The molecule has 106 valence electrons. The molecule has 0 spiro atoms. The Labute approximate surface area is 121 Å². The molecule has 2 heteroatoms. The van der Waals surface area contributed by atoms with Crippen molar-refractivity contribution in [1.29, 1.82) is 0 Å². The van der Waals surface area contributed by atoms with Crippen LogP contribution in [0, 0.1) is 0 Å². The molecule has 0 aliphatic heterocycles. The number of aryl methyl sites for hydroxylation is 1. The van der Waals surface area contributed by atoms with Crippen LogP contribution in [0.5, 0.6) is 5.75 Å². The third kappa shape index (κ3) is 3.61. The zero-order chi connectivity index (χ0) is 14.4. The van der Waals surface area contributed by atoms with Gasteiger partial charge in [-0.15, -0.1) is 0 Å². The predicted molar refractivity (Wildman–Crippen MR) is 81.9 cm³/mol. The maximum Gasteiger partial charge on any atom is 0.128 e. The second-order valence-electron chi connectivity index (χ2n) is 4.92. The van der Waals surface area contributed by atoms with Crippen molar-refractivity contribution in [2.75, 3.05) is 0 Å². The highest BCUT2D eigenvalue weighted by molar-refractivity contribution is 5.29. The van der Waals surface area contributed by atoms with Gasteiger partial charge in [0.05, 0.1) is 0 Å². The van der Waals surface area contributed by atoms with Crippen molar-refractivity contribution in [2.24, 2.45) is 0 Å². The second-order valence-corrected chi connectivity index (χ2v) is 4.92. The molecule has 0 fully saturated rings. The van der Waals surface area contributed by atoms with Crippen LogP contribution < -0.4 is 4.74 Å². The zero-order valence-electron chi connectivity index (χ0n) is 12.1. The van der Waals surface area contributed by atoms with Crippen molar-refractivity contribution in [2.45, 2.75) is 38.9 Å². The number of aliphatic hydroxyl groups is 1. The van der Waals surface area contributed by atoms with Crippen LogP contribution in [0.3, 0.4) is 0 Å². The van der Waals surface area contributed by atoms with Gasteiger partial charge in [-0.3, -0.25) is 0 Å². The molecular formula is C18H22O2. The molecule has 0 aromatic heterocycles.